The lowest BCUT2D eigenvalue weighted by molar-refractivity contribution is -0.920. The maximum Gasteiger partial charge on any atom is 0.139 e. The maximum absolute atomic E-state index is 12.8. The summed E-state index contributed by atoms with van der Waals surface area (Å²) in [4.78, 5) is 7.29. The van der Waals surface area contributed by atoms with Crippen molar-refractivity contribution < 1.29 is 9.70 Å². The van der Waals surface area contributed by atoms with Crippen LogP contribution in [-0.4, -0.2) is 54.5 Å². The number of nitrogens with one attached hydrogen (secondary N) is 1. The van der Waals surface area contributed by atoms with Crippen LogP contribution in [0.1, 0.15) is 11.1 Å². The summed E-state index contributed by atoms with van der Waals surface area (Å²) in [5, 5.41) is 21.5. The number of rotatable bonds is 2. The number of quaternary nitrogens is 1. The molecule has 1 N–H and O–H groups in total. The second kappa shape index (κ2) is 8.82. The Hall–Kier alpha value is -2.87. The number of aliphatic imine (C=N–C) groups is 1. The van der Waals surface area contributed by atoms with Crippen molar-refractivity contribution in [1.29, 1.82) is 0 Å². The summed E-state index contributed by atoms with van der Waals surface area (Å²) in [5.74, 6) is 0.709. The smallest absolute Gasteiger partial charge is 0.139 e. The first-order valence-electron chi connectivity index (χ1n) is 10.8. The Morgan fingerprint density at radius 2 is 1.85 bits per heavy atom. The molecule has 0 atom stereocenters. The molecule has 0 aromatic heterocycles. The van der Waals surface area contributed by atoms with Gasteiger partial charge in [0.1, 0.15) is 18.9 Å². The van der Waals surface area contributed by atoms with Crippen LogP contribution in [0.3, 0.4) is 0 Å². The van der Waals surface area contributed by atoms with E-state index in [1.54, 1.807) is 12.1 Å². The van der Waals surface area contributed by atoms with Crippen molar-refractivity contribution in [3.63, 3.8) is 0 Å². The van der Waals surface area contributed by atoms with E-state index < -0.39 is 0 Å². The van der Waals surface area contributed by atoms with Crippen LogP contribution in [-0.2, 0) is 0 Å². The fraction of sp³-hybridized carbons (Fsp3) is 0.200. The number of para-hydroxylation sites is 1. The van der Waals surface area contributed by atoms with E-state index >= 15 is 0 Å². The highest BCUT2D eigenvalue weighted by Gasteiger charge is 2.32. The molecule has 0 unspecified atom stereocenters. The maximum atomic E-state index is 12.8. The highest BCUT2D eigenvalue weighted by atomic mass is 79.9. The van der Waals surface area contributed by atoms with Gasteiger partial charge in [0.25, 0.3) is 0 Å². The van der Waals surface area contributed by atoms with Gasteiger partial charge in [0.15, 0.2) is 0 Å². The molecule has 33 heavy (non-hydrogen) atoms. The number of hydrogen-bond donors (Lipinski definition) is 1. The normalized spacial score (nSPS) is 17.4. The third-order valence-electron chi connectivity index (χ3n) is 6.03. The van der Waals surface area contributed by atoms with Gasteiger partial charge in [-0.1, -0.05) is 56.9 Å². The molecule has 0 aliphatic carbocycles. The van der Waals surface area contributed by atoms with Crippen LogP contribution in [0.4, 0.5) is 17.1 Å². The summed E-state index contributed by atoms with van der Waals surface area (Å²) in [5.41, 5.74) is 4.38. The molecule has 0 radical (unpaired) electrons. The van der Waals surface area contributed by atoms with Gasteiger partial charge < -0.3 is 15.3 Å². The van der Waals surface area contributed by atoms with Gasteiger partial charge in [-0.25, -0.2) is 4.99 Å². The van der Waals surface area contributed by atoms with Gasteiger partial charge in [-0.3, -0.25) is 0 Å². The van der Waals surface area contributed by atoms with Crippen molar-refractivity contribution in [2.75, 3.05) is 38.5 Å². The van der Waals surface area contributed by atoms with Gasteiger partial charge in [0.05, 0.1) is 37.4 Å². The Morgan fingerprint density at radius 3 is 2.64 bits per heavy atom. The van der Waals surface area contributed by atoms with E-state index in [0.717, 1.165) is 46.0 Å². The number of fused-ring (bicyclic) bond motifs is 2. The molecule has 2 aliphatic rings. The van der Waals surface area contributed by atoms with Crippen LogP contribution in [0, 0.1) is 0 Å². The van der Waals surface area contributed by atoms with Crippen LogP contribution in [0.15, 0.2) is 81.3 Å². The molecule has 8 heteroatoms. The fourth-order valence-electron chi connectivity index (χ4n) is 4.16. The molecule has 168 valence electrons. The van der Waals surface area contributed by atoms with Crippen molar-refractivity contribution in [2.45, 2.75) is 0 Å². The minimum Gasteiger partial charge on any atom is -0.855 e. The molecule has 3 aromatic carbocycles. The molecule has 2 aliphatic heterocycles. The first kappa shape index (κ1) is 21.9. The van der Waals surface area contributed by atoms with Crippen molar-refractivity contribution in [2.24, 2.45) is 10.1 Å². The SMILES string of the molecule is C[N+]1(/N=C(\[O-])c2cccc(Br)c2)CCN(C2=Nc3cc(Cl)ccc3Nc3ccccc32)CC1. The number of nitrogens with zero attached hydrogens (tertiary/aromatic N) is 4. The highest BCUT2D eigenvalue weighted by Crippen LogP contribution is 2.36. The molecule has 1 saturated heterocycles. The molecule has 2 heterocycles. The molecule has 0 amide bonds. The zero-order valence-electron chi connectivity index (χ0n) is 18.1. The molecular formula is C25H23BrClN5O. The third kappa shape index (κ3) is 4.62. The standard InChI is InChI=1S/C25H23BrClN5O/c1-32(30-25(33)17-5-4-6-18(26)15-17)13-11-31(12-14-32)24-20-7-2-3-8-21(20)28-22-10-9-19(27)16-23(22)29-24/h2-10,15-16H,11-14H2,1H3,(H-,28,29,30,33). The van der Waals surface area contributed by atoms with Gasteiger partial charge in [-0.15, -0.1) is 0 Å². The number of likely N-dealkylation sites (N-methyl/N-ethyl adjacent to an activating group) is 1. The van der Waals surface area contributed by atoms with Crippen LogP contribution in [0.5, 0.6) is 0 Å². The zero-order chi connectivity index (χ0) is 23.0. The minimum atomic E-state index is -0.197. The van der Waals surface area contributed by atoms with Crippen molar-refractivity contribution >= 4 is 56.3 Å². The van der Waals surface area contributed by atoms with E-state index in [4.69, 9.17) is 16.6 Å². The van der Waals surface area contributed by atoms with E-state index in [1.165, 1.54) is 0 Å². The lowest BCUT2D eigenvalue weighted by Gasteiger charge is -2.39. The molecule has 1 fully saturated rings. The van der Waals surface area contributed by atoms with E-state index in [2.05, 4.69) is 43.4 Å². The van der Waals surface area contributed by atoms with Crippen LogP contribution in [0.2, 0.25) is 5.02 Å². The summed E-state index contributed by atoms with van der Waals surface area (Å²) in [7, 11) is 2.01. The molecule has 6 nitrogen and oxygen atoms in total. The predicted molar refractivity (Wildman–Crippen MR) is 136 cm³/mol. The highest BCUT2D eigenvalue weighted by molar-refractivity contribution is 9.10. The molecule has 3 aromatic rings. The number of halogens is 2. The number of piperazine rings is 1. The van der Waals surface area contributed by atoms with Crippen molar-refractivity contribution in [3.05, 3.63) is 87.4 Å². The second-order valence-electron chi connectivity index (χ2n) is 8.46. The van der Waals surface area contributed by atoms with Gasteiger partial charge in [0, 0.05) is 20.7 Å². The summed E-state index contributed by atoms with van der Waals surface area (Å²) >= 11 is 9.68. The van der Waals surface area contributed by atoms with E-state index in [-0.39, 0.29) is 5.90 Å². The van der Waals surface area contributed by atoms with Crippen LogP contribution in [0.25, 0.3) is 0 Å². The van der Waals surface area contributed by atoms with Crippen LogP contribution < -0.4 is 10.4 Å². The topological polar surface area (TPSA) is 63.1 Å². The summed E-state index contributed by atoms with van der Waals surface area (Å²) in [6, 6.07) is 21.2. The lowest BCUT2D eigenvalue weighted by atomic mass is 10.1. The first-order valence-corrected chi connectivity index (χ1v) is 11.9. The van der Waals surface area contributed by atoms with Gasteiger partial charge in [-0.2, -0.15) is 4.59 Å². The van der Waals surface area contributed by atoms with Crippen molar-refractivity contribution in [1.82, 2.24) is 4.90 Å². The Labute approximate surface area is 206 Å². The van der Waals surface area contributed by atoms with Gasteiger partial charge >= 0.3 is 0 Å². The summed E-state index contributed by atoms with van der Waals surface area (Å²) < 4.78 is 1.22. The molecule has 0 spiro atoms. The molecule has 0 bridgehead atoms. The minimum absolute atomic E-state index is 0.197. The molecular weight excluding hydrogens is 502 g/mol. The van der Waals surface area contributed by atoms with Gasteiger partial charge in [-0.05, 0) is 48.0 Å². The van der Waals surface area contributed by atoms with Gasteiger partial charge in [0.2, 0.25) is 0 Å². The second-order valence-corrected chi connectivity index (χ2v) is 9.81. The quantitative estimate of drug-likeness (QED) is 0.300. The first-order chi connectivity index (χ1) is 15.9. The largest absolute Gasteiger partial charge is 0.855 e. The third-order valence-corrected chi connectivity index (χ3v) is 6.76. The summed E-state index contributed by atoms with van der Waals surface area (Å²) in [6.07, 6.45) is 0. The van der Waals surface area contributed by atoms with E-state index in [9.17, 15) is 5.11 Å². The monoisotopic (exact) mass is 523 g/mol. The van der Waals surface area contributed by atoms with E-state index in [0.29, 0.717) is 28.3 Å². The van der Waals surface area contributed by atoms with Crippen molar-refractivity contribution in [3.8, 4) is 0 Å². The average molecular weight is 525 g/mol. The molecule has 0 saturated carbocycles. The number of benzene rings is 3. The van der Waals surface area contributed by atoms with E-state index in [1.807, 2.05) is 49.5 Å². The number of anilines is 2. The Morgan fingerprint density at radius 1 is 1.06 bits per heavy atom. The Balaban J connectivity index is 1.42. The number of amidine groups is 1. The number of hydrogen-bond acceptors (Lipinski definition) is 5. The molecule has 5 rings (SSSR count). The van der Waals surface area contributed by atoms with Crippen LogP contribution >= 0.6 is 27.5 Å². The Bertz CT molecular complexity index is 1270. The predicted octanol–water partition coefficient (Wildman–Crippen LogP) is 4.72. The lowest BCUT2D eigenvalue weighted by Crippen LogP contribution is -2.56. The fourth-order valence-corrected chi connectivity index (χ4v) is 4.72. The Kier molecular flexibility index (Phi) is 5.86. The average Bonchev–Trinajstić information content (AvgIpc) is 2.96. The summed E-state index contributed by atoms with van der Waals surface area (Å²) in [6.45, 7) is 2.87. The zero-order valence-corrected chi connectivity index (χ0v) is 20.5.